The molecule has 0 radical (unpaired) electrons. The molecule has 0 spiro atoms. The van der Waals surface area contributed by atoms with E-state index in [9.17, 15) is 31.5 Å². The third kappa shape index (κ3) is 2.74. The number of hydrogen-bond acceptors (Lipinski definition) is 5. The van der Waals surface area contributed by atoms with E-state index in [0.29, 0.717) is 0 Å². The van der Waals surface area contributed by atoms with Gasteiger partial charge in [0.1, 0.15) is 17.2 Å². The zero-order valence-corrected chi connectivity index (χ0v) is 12.7. The van der Waals surface area contributed by atoms with Gasteiger partial charge < -0.3 is 9.29 Å². The Bertz CT molecular complexity index is 990. The van der Waals surface area contributed by atoms with Crippen molar-refractivity contribution in [2.24, 2.45) is 0 Å². The number of carboxylic acids is 1. The smallest absolute Gasteiger partial charge is 0.478 e. The van der Waals surface area contributed by atoms with E-state index in [1.54, 1.807) is 0 Å². The second kappa shape index (κ2) is 5.68. The first-order valence-electron chi connectivity index (χ1n) is 6.20. The molecule has 1 N–H and O–H groups in total. The number of alkyl halides is 3. The van der Waals surface area contributed by atoms with Crippen LogP contribution in [0, 0.1) is 18.3 Å². The highest BCUT2D eigenvalue weighted by atomic mass is 32.2. The number of halogens is 3. The van der Waals surface area contributed by atoms with E-state index in [1.807, 2.05) is 0 Å². The lowest BCUT2D eigenvalue weighted by molar-refractivity contribution is -0.0500. The molecule has 0 fully saturated rings. The van der Waals surface area contributed by atoms with Crippen molar-refractivity contribution in [2.75, 3.05) is 0 Å². The largest absolute Gasteiger partial charge is 0.534 e. The molecule has 24 heavy (non-hydrogen) atoms. The van der Waals surface area contributed by atoms with Gasteiger partial charge in [0, 0.05) is 5.39 Å². The van der Waals surface area contributed by atoms with Gasteiger partial charge in [0.25, 0.3) is 0 Å². The fraction of sp³-hybridized carbons (Fsp3) is 0.143. The highest BCUT2D eigenvalue weighted by Gasteiger charge is 2.49. The second-order valence-electron chi connectivity index (χ2n) is 4.65. The minimum atomic E-state index is -6.14. The van der Waals surface area contributed by atoms with Gasteiger partial charge in [-0.2, -0.15) is 26.9 Å². The molecule has 0 aromatic heterocycles. The summed E-state index contributed by atoms with van der Waals surface area (Å²) in [6, 6.07) is 7.20. The average Bonchev–Trinajstić information content (AvgIpc) is 2.46. The summed E-state index contributed by atoms with van der Waals surface area (Å²) in [5, 5.41) is 18.7. The molecule has 6 nitrogen and oxygen atoms in total. The summed E-state index contributed by atoms with van der Waals surface area (Å²) >= 11 is 0. The Morgan fingerprint density at radius 1 is 1.25 bits per heavy atom. The Morgan fingerprint density at radius 3 is 2.25 bits per heavy atom. The first-order chi connectivity index (χ1) is 11.0. The zero-order valence-electron chi connectivity index (χ0n) is 11.9. The van der Waals surface area contributed by atoms with Gasteiger partial charge in [0.15, 0.2) is 5.75 Å². The topological polar surface area (TPSA) is 104 Å². The van der Waals surface area contributed by atoms with Gasteiger partial charge in [-0.15, -0.1) is 0 Å². The number of rotatable bonds is 3. The number of benzene rings is 2. The minimum Gasteiger partial charge on any atom is -0.478 e. The molecule has 2 aromatic rings. The van der Waals surface area contributed by atoms with Crippen LogP contribution < -0.4 is 4.18 Å². The molecule has 0 aliphatic heterocycles. The van der Waals surface area contributed by atoms with E-state index in [4.69, 9.17) is 5.26 Å². The fourth-order valence-corrected chi connectivity index (χ4v) is 2.65. The molecule has 0 saturated carbocycles. The number of carboxylic acid groups (broad SMARTS) is 1. The van der Waals surface area contributed by atoms with Crippen molar-refractivity contribution in [3.05, 3.63) is 41.0 Å². The van der Waals surface area contributed by atoms with E-state index >= 15 is 0 Å². The Labute approximate surface area is 133 Å². The van der Waals surface area contributed by atoms with Crippen molar-refractivity contribution >= 4 is 26.9 Å². The van der Waals surface area contributed by atoms with Crippen LogP contribution >= 0.6 is 0 Å². The van der Waals surface area contributed by atoms with E-state index in [1.165, 1.54) is 37.3 Å². The maximum Gasteiger partial charge on any atom is 0.534 e. The van der Waals surface area contributed by atoms with E-state index < -0.39 is 38.5 Å². The van der Waals surface area contributed by atoms with Crippen LogP contribution in [0.25, 0.3) is 10.8 Å². The summed E-state index contributed by atoms with van der Waals surface area (Å²) < 4.78 is 64.2. The van der Waals surface area contributed by atoms with Gasteiger partial charge in [-0.25, -0.2) is 4.79 Å². The van der Waals surface area contributed by atoms with E-state index in [2.05, 4.69) is 4.18 Å². The molecule has 0 unspecified atom stereocenters. The lowest BCUT2D eigenvalue weighted by atomic mass is 9.94. The van der Waals surface area contributed by atoms with E-state index in [-0.39, 0.29) is 16.3 Å². The lowest BCUT2D eigenvalue weighted by Crippen LogP contribution is -2.29. The maximum absolute atomic E-state index is 12.6. The summed E-state index contributed by atoms with van der Waals surface area (Å²) in [6.07, 6.45) is 0. The van der Waals surface area contributed by atoms with Gasteiger partial charge in [0.05, 0.1) is 0 Å². The first-order valence-corrected chi connectivity index (χ1v) is 7.61. The highest BCUT2D eigenvalue weighted by molar-refractivity contribution is 7.88. The second-order valence-corrected chi connectivity index (χ2v) is 6.19. The van der Waals surface area contributed by atoms with Crippen molar-refractivity contribution in [3.8, 4) is 11.8 Å². The highest BCUT2D eigenvalue weighted by Crippen LogP contribution is 2.38. The van der Waals surface area contributed by atoms with Crippen molar-refractivity contribution in [2.45, 2.75) is 12.4 Å². The van der Waals surface area contributed by atoms with Gasteiger partial charge >= 0.3 is 21.6 Å². The van der Waals surface area contributed by atoms with Crippen LogP contribution in [-0.2, 0) is 10.1 Å². The summed E-state index contributed by atoms with van der Waals surface area (Å²) in [5.41, 5.74) is -7.10. The molecule has 0 saturated heterocycles. The molecular formula is C14H8F3NO5S. The summed E-state index contributed by atoms with van der Waals surface area (Å²) in [4.78, 5) is 11.5. The third-order valence-electron chi connectivity index (χ3n) is 3.23. The summed E-state index contributed by atoms with van der Waals surface area (Å²) in [6.45, 7) is 1.35. The maximum atomic E-state index is 12.6. The standard InChI is InChI=1S/C14H8F3NO5S/c1-7-8-4-2-3-5-9(8)11(13(19)20)12(10(7)6-18)23-24(21,22)14(15,16)17/h2-5H,1H3,(H,19,20). The van der Waals surface area contributed by atoms with Gasteiger partial charge in [-0.1, -0.05) is 24.3 Å². The zero-order chi connectivity index (χ0) is 18.3. The molecule has 0 atom stereocenters. The quantitative estimate of drug-likeness (QED) is 0.667. The van der Waals surface area contributed by atoms with Crippen LogP contribution in [0.4, 0.5) is 13.2 Å². The minimum absolute atomic E-state index is 0.0473. The molecule has 0 amide bonds. The molecular weight excluding hydrogens is 351 g/mol. The molecule has 126 valence electrons. The number of aromatic carboxylic acids is 1. The third-order valence-corrected chi connectivity index (χ3v) is 4.18. The predicted octanol–water partition coefficient (Wildman–Crippen LogP) is 2.95. The molecule has 10 heteroatoms. The van der Waals surface area contributed by atoms with E-state index in [0.717, 1.165) is 0 Å². The number of carbonyl (C=O) groups is 1. The molecule has 0 bridgehead atoms. The Hall–Kier alpha value is -2.80. The van der Waals surface area contributed by atoms with Crippen LogP contribution in [-0.4, -0.2) is 25.0 Å². The molecule has 2 aromatic carbocycles. The van der Waals surface area contributed by atoms with Gasteiger partial charge in [0.2, 0.25) is 0 Å². The normalized spacial score (nSPS) is 12.0. The van der Waals surface area contributed by atoms with Crippen molar-refractivity contribution in [3.63, 3.8) is 0 Å². The first kappa shape index (κ1) is 17.6. The number of fused-ring (bicyclic) bond motifs is 1. The van der Waals surface area contributed by atoms with Crippen LogP contribution in [0.2, 0.25) is 0 Å². The SMILES string of the molecule is Cc1c(C#N)c(OS(=O)(=O)C(F)(F)F)c(C(=O)O)c2ccccc12. The van der Waals surface area contributed by atoms with Crippen LogP contribution in [0.3, 0.4) is 0 Å². The number of nitriles is 1. The number of aryl methyl sites for hydroxylation is 1. The van der Waals surface area contributed by atoms with Crippen LogP contribution in [0.5, 0.6) is 5.75 Å². The average molecular weight is 359 g/mol. The number of hydrogen-bond donors (Lipinski definition) is 1. The fourth-order valence-electron chi connectivity index (χ4n) is 2.17. The molecule has 0 aliphatic rings. The summed E-state index contributed by atoms with van der Waals surface area (Å²) in [7, 11) is -6.14. The Morgan fingerprint density at radius 2 is 1.79 bits per heavy atom. The van der Waals surface area contributed by atoms with Crippen molar-refractivity contribution in [1.29, 1.82) is 5.26 Å². The van der Waals surface area contributed by atoms with Gasteiger partial charge in [-0.05, 0) is 17.9 Å². The molecule has 0 heterocycles. The van der Waals surface area contributed by atoms with Crippen LogP contribution in [0.15, 0.2) is 24.3 Å². The van der Waals surface area contributed by atoms with Crippen LogP contribution in [0.1, 0.15) is 21.5 Å². The predicted molar refractivity (Wildman–Crippen MR) is 76.0 cm³/mol. The Kier molecular flexibility index (Phi) is 4.16. The summed E-state index contributed by atoms with van der Waals surface area (Å²) in [5.74, 6) is -2.88. The van der Waals surface area contributed by atoms with Gasteiger partial charge in [-0.3, -0.25) is 0 Å². The van der Waals surface area contributed by atoms with Crippen molar-refractivity contribution < 1.29 is 35.7 Å². The molecule has 2 rings (SSSR count). The number of nitrogens with zero attached hydrogens (tertiary/aromatic N) is 1. The molecule has 0 aliphatic carbocycles. The van der Waals surface area contributed by atoms with Crippen molar-refractivity contribution in [1.82, 2.24) is 0 Å². The Balaban J connectivity index is 2.95. The lowest BCUT2D eigenvalue weighted by Gasteiger charge is -2.16. The monoisotopic (exact) mass is 359 g/mol.